The van der Waals surface area contributed by atoms with Gasteiger partial charge in [0.2, 0.25) is 0 Å². The third-order valence-electron chi connectivity index (χ3n) is 10.1. The Morgan fingerprint density at radius 2 is 0.810 bits per heavy atom. The first-order valence-corrected chi connectivity index (χ1v) is 20.7. The van der Waals surface area contributed by atoms with E-state index >= 15 is 0 Å². The zero-order valence-corrected chi connectivity index (χ0v) is 38.0. The summed E-state index contributed by atoms with van der Waals surface area (Å²) in [4.78, 5) is 0. The number of fused-ring (bicyclic) bond motifs is 6. The van der Waals surface area contributed by atoms with E-state index in [1.165, 1.54) is 33.0 Å². The van der Waals surface area contributed by atoms with Gasteiger partial charge < -0.3 is 4.57 Å². The summed E-state index contributed by atoms with van der Waals surface area (Å²) in [5.74, 6) is 0. The highest BCUT2D eigenvalue weighted by atomic mass is 127. The van der Waals surface area contributed by atoms with Crippen LogP contribution in [0.4, 0.5) is 0 Å². The van der Waals surface area contributed by atoms with Gasteiger partial charge in [-0.3, -0.25) is 0 Å². The molecule has 0 bridgehead atoms. The van der Waals surface area contributed by atoms with Gasteiger partial charge in [0, 0.05) is 31.2 Å². The lowest BCUT2D eigenvalue weighted by atomic mass is 10.0. The van der Waals surface area contributed by atoms with Crippen molar-refractivity contribution in [3.05, 3.63) is 218 Å². The van der Waals surface area contributed by atoms with Gasteiger partial charge in [0.05, 0.1) is 40.0 Å². The molecule has 1 aliphatic rings. The second kappa shape index (κ2) is 18.5. The molecule has 9 aromatic rings. The van der Waals surface area contributed by atoms with Crippen LogP contribution in [-0.4, -0.2) is 4.57 Å². The second-order valence-corrected chi connectivity index (χ2v) is 16.0. The highest BCUT2D eigenvalue weighted by Crippen LogP contribution is 2.39. The fourth-order valence-electron chi connectivity index (χ4n) is 7.44. The molecule has 0 radical (unpaired) electrons. The molecule has 0 atom stereocenters. The Balaban J connectivity index is 0.000000160. The van der Waals surface area contributed by atoms with E-state index in [4.69, 9.17) is 5.26 Å². The van der Waals surface area contributed by atoms with Crippen molar-refractivity contribution in [2.75, 3.05) is 0 Å². The minimum atomic E-state index is 0. The Morgan fingerprint density at radius 3 is 1.33 bits per heavy atom. The zero-order chi connectivity index (χ0) is 39.3. The quantitative estimate of drug-likeness (QED) is 0.166. The third-order valence-corrected chi connectivity index (χ3v) is 12.2. The molecule has 0 fully saturated rings. The average Bonchev–Trinajstić information content (AvgIpc) is 3.81. The lowest BCUT2D eigenvalue weighted by Crippen LogP contribution is -1.98. The Morgan fingerprint density at radius 1 is 0.414 bits per heavy atom. The molecular weight excluding hydrogens is 1020 g/mol. The van der Waals surface area contributed by atoms with Crippen molar-refractivity contribution in [2.45, 2.75) is 6.42 Å². The largest absolute Gasteiger partial charge is 0.309 e. The number of hydrogen-bond acceptors (Lipinski definition) is 2. The second-order valence-electron chi connectivity index (χ2n) is 13.5. The van der Waals surface area contributed by atoms with E-state index in [0.717, 1.165) is 58.8 Å². The van der Waals surface area contributed by atoms with Gasteiger partial charge >= 0.3 is 0 Å². The van der Waals surface area contributed by atoms with E-state index < -0.39 is 0 Å². The van der Waals surface area contributed by atoms with Gasteiger partial charge in [-0.15, -0.1) is 24.0 Å². The Bertz CT molecular complexity index is 2940. The molecule has 7 heteroatoms. The first-order valence-electron chi connectivity index (χ1n) is 18.3. The summed E-state index contributed by atoms with van der Waals surface area (Å²) in [6.45, 7) is 0. The summed E-state index contributed by atoms with van der Waals surface area (Å²) >= 11 is 10.7. The van der Waals surface area contributed by atoms with Crippen LogP contribution < -0.4 is 0 Å². The Kier molecular flexibility index (Phi) is 13.1. The predicted molar refractivity (Wildman–Crippen MR) is 263 cm³/mol. The summed E-state index contributed by atoms with van der Waals surface area (Å²) in [6, 6.07) is 66.2. The van der Waals surface area contributed by atoms with Crippen LogP contribution in [0.1, 0.15) is 23.7 Å². The molecule has 0 N–H and O–H groups in total. The van der Waals surface area contributed by atoms with E-state index in [2.05, 4.69) is 168 Å². The van der Waals surface area contributed by atoms with Crippen LogP contribution in [0.2, 0.25) is 0 Å². The average molecular weight is 1060 g/mol. The van der Waals surface area contributed by atoms with Crippen molar-refractivity contribution < 1.29 is 1.43 Å². The van der Waals surface area contributed by atoms with Gasteiger partial charge in [0.1, 0.15) is 0 Å². The van der Waals surface area contributed by atoms with Gasteiger partial charge in [0.15, 0.2) is 0 Å². The normalized spacial score (nSPS) is 10.8. The fraction of sp³-hybridized carbons (Fsp3) is 0.0196. The van der Waals surface area contributed by atoms with E-state index in [9.17, 15) is 5.26 Å². The number of halogens is 4. The Hall–Kier alpha value is -5.29. The summed E-state index contributed by atoms with van der Waals surface area (Å²) < 4.78 is 5.30. The molecular formula is C51H35Br3IN3. The maximum Gasteiger partial charge on any atom is 0.0991 e. The van der Waals surface area contributed by atoms with Gasteiger partial charge in [-0.25, -0.2) is 0 Å². The molecule has 0 spiro atoms. The number of para-hydroxylation sites is 2. The molecule has 3 nitrogen and oxygen atoms in total. The molecule has 1 aliphatic carbocycles. The van der Waals surface area contributed by atoms with Crippen molar-refractivity contribution in [3.63, 3.8) is 0 Å². The molecule has 0 saturated carbocycles. The predicted octanol–water partition coefficient (Wildman–Crippen LogP) is 16.0. The van der Waals surface area contributed by atoms with Crippen LogP contribution in [0, 0.1) is 22.7 Å². The molecule has 0 amide bonds. The van der Waals surface area contributed by atoms with Crippen LogP contribution in [0.3, 0.4) is 0 Å². The number of aromatic nitrogens is 1. The standard InChI is InChI=1S/C25H15BrN2.C13H7Br2N.C13H10.HI.H2/c26-22-10-4-1-7-18(22)21-15-17(16-27)13-14-25(21)28-23-11-5-2-8-19(23)20-9-3-6-12-24(20)28;14-12-4-2-1-3-10(12)11-7-9(8-16)5-6-13(11)15;1-3-7-12-10(5-1)9-11-6-2-4-8-13(11)12;;/h1-15H;1-7H;1-8H,9H2;2*1H. The van der Waals surface area contributed by atoms with Gasteiger partial charge in [-0.05, 0) is 106 Å². The molecule has 8 aromatic carbocycles. The zero-order valence-electron chi connectivity index (χ0n) is 30.9. The first-order chi connectivity index (χ1) is 27.9. The van der Waals surface area contributed by atoms with E-state index in [1.807, 2.05) is 72.8 Å². The topological polar surface area (TPSA) is 52.5 Å². The SMILES string of the molecule is I.N#Cc1ccc(-n2c3ccccc3c3ccccc32)c(-c2ccccc2Br)c1.N#Cc1ccc(Br)c(-c2ccccc2Br)c1.[HH].c1ccc2c(c1)Cc1ccccc1-2. The summed E-state index contributed by atoms with van der Waals surface area (Å²) in [5, 5.41) is 20.8. The molecule has 10 rings (SSSR count). The van der Waals surface area contributed by atoms with Gasteiger partial charge in [-0.1, -0.05) is 169 Å². The summed E-state index contributed by atoms with van der Waals surface area (Å²) in [5.41, 5.74) is 14.6. The van der Waals surface area contributed by atoms with Crippen LogP contribution in [0.5, 0.6) is 0 Å². The maximum absolute atomic E-state index is 9.47. The molecule has 1 heterocycles. The third kappa shape index (κ3) is 8.32. The van der Waals surface area contributed by atoms with Crippen molar-refractivity contribution in [2.24, 2.45) is 0 Å². The minimum Gasteiger partial charge on any atom is -0.309 e. The van der Waals surface area contributed by atoms with Crippen molar-refractivity contribution >= 4 is 93.6 Å². The molecule has 1 aromatic heterocycles. The lowest BCUT2D eigenvalue weighted by Gasteiger charge is -2.15. The van der Waals surface area contributed by atoms with Crippen LogP contribution in [-0.2, 0) is 6.42 Å². The van der Waals surface area contributed by atoms with Crippen LogP contribution in [0.15, 0.2) is 195 Å². The van der Waals surface area contributed by atoms with Crippen molar-refractivity contribution in [1.29, 1.82) is 10.5 Å². The molecule has 0 unspecified atom stereocenters. The fourth-order valence-corrected chi connectivity index (χ4v) is 8.90. The highest BCUT2D eigenvalue weighted by molar-refractivity contribution is 14.0. The Labute approximate surface area is 382 Å². The smallest absolute Gasteiger partial charge is 0.0991 e. The number of hydrogen-bond donors (Lipinski definition) is 0. The molecule has 58 heavy (non-hydrogen) atoms. The first kappa shape index (κ1) is 40.9. The number of benzene rings is 8. The van der Waals surface area contributed by atoms with E-state index in [0.29, 0.717) is 11.1 Å². The summed E-state index contributed by atoms with van der Waals surface area (Å²) in [7, 11) is 0. The number of nitrogens with zero attached hydrogens (tertiary/aromatic N) is 3. The van der Waals surface area contributed by atoms with E-state index in [1.54, 1.807) is 6.07 Å². The van der Waals surface area contributed by atoms with Crippen molar-refractivity contribution in [1.82, 2.24) is 4.57 Å². The van der Waals surface area contributed by atoms with Crippen LogP contribution >= 0.6 is 71.8 Å². The van der Waals surface area contributed by atoms with Gasteiger partial charge in [-0.2, -0.15) is 10.5 Å². The molecule has 0 aliphatic heterocycles. The van der Waals surface area contributed by atoms with Crippen LogP contribution in [0.25, 0.3) is 60.9 Å². The van der Waals surface area contributed by atoms with E-state index in [-0.39, 0.29) is 25.4 Å². The maximum atomic E-state index is 9.47. The molecule has 282 valence electrons. The highest BCUT2D eigenvalue weighted by Gasteiger charge is 2.18. The summed E-state index contributed by atoms with van der Waals surface area (Å²) in [6.07, 6.45) is 1.10. The van der Waals surface area contributed by atoms with Crippen molar-refractivity contribution in [3.8, 4) is 51.2 Å². The van der Waals surface area contributed by atoms with Gasteiger partial charge in [0.25, 0.3) is 0 Å². The minimum absolute atomic E-state index is 0. The lowest BCUT2D eigenvalue weighted by molar-refractivity contribution is 1.18. The number of nitriles is 2. The monoisotopic (exact) mass is 1050 g/mol. The molecule has 0 saturated heterocycles. The number of rotatable bonds is 3.